The second-order valence-electron chi connectivity index (χ2n) is 8.47. The summed E-state index contributed by atoms with van der Waals surface area (Å²) in [6.07, 6.45) is 3.70. The van der Waals surface area contributed by atoms with Gasteiger partial charge < -0.3 is 9.64 Å². The first-order chi connectivity index (χ1) is 13.2. The van der Waals surface area contributed by atoms with Crippen LogP contribution in [0, 0.1) is 6.92 Å². The summed E-state index contributed by atoms with van der Waals surface area (Å²) >= 11 is 0. The van der Waals surface area contributed by atoms with Crippen LogP contribution < -0.4 is 4.90 Å². The van der Waals surface area contributed by atoms with Crippen LogP contribution in [0.25, 0.3) is 5.69 Å². The van der Waals surface area contributed by atoms with Gasteiger partial charge in [0, 0.05) is 13.1 Å². The Morgan fingerprint density at radius 1 is 1.11 bits per heavy atom. The Balaban J connectivity index is 1.77. The van der Waals surface area contributed by atoms with Crippen molar-refractivity contribution in [3.63, 3.8) is 0 Å². The number of urea groups is 1. The van der Waals surface area contributed by atoms with Crippen LogP contribution in [0.15, 0.2) is 24.5 Å². The Labute approximate surface area is 164 Å². The van der Waals surface area contributed by atoms with Gasteiger partial charge in [-0.3, -0.25) is 9.47 Å². The lowest BCUT2D eigenvalue weighted by atomic mass is 10.1. The molecule has 0 N–H and O–H groups in total. The molecule has 28 heavy (non-hydrogen) atoms. The number of hydrogen-bond acceptors (Lipinski definition) is 4. The summed E-state index contributed by atoms with van der Waals surface area (Å²) in [4.78, 5) is 33.9. The highest BCUT2D eigenvalue weighted by atomic mass is 16.6. The fourth-order valence-corrected chi connectivity index (χ4v) is 3.77. The second kappa shape index (κ2) is 6.65. The van der Waals surface area contributed by atoms with Crippen molar-refractivity contribution < 1.29 is 14.3 Å². The number of hydrogen-bond donors (Lipinski definition) is 0. The van der Waals surface area contributed by atoms with Crippen molar-refractivity contribution in [2.45, 2.75) is 52.7 Å². The van der Waals surface area contributed by atoms with E-state index >= 15 is 0 Å². The maximum Gasteiger partial charge on any atom is 0.359 e. The SMILES string of the molecule is Cc1ccc2c(c1)N(C(=O)N1CCCC1)Cc1c(C(=O)OC(C)(C)C)ncn1-2. The van der Waals surface area contributed by atoms with Crippen LogP contribution in [-0.4, -0.2) is 45.1 Å². The summed E-state index contributed by atoms with van der Waals surface area (Å²) in [5.74, 6) is -0.467. The molecule has 2 aliphatic heterocycles. The highest BCUT2D eigenvalue weighted by molar-refractivity contribution is 5.97. The number of esters is 1. The van der Waals surface area contributed by atoms with Crippen LogP contribution in [0.4, 0.5) is 10.5 Å². The van der Waals surface area contributed by atoms with E-state index in [2.05, 4.69) is 4.98 Å². The predicted molar refractivity (Wildman–Crippen MR) is 106 cm³/mol. The molecule has 2 aliphatic rings. The first-order valence-electron chi connectivity index (χ1n) is 9.71. The molecule has 0 unspecified atom stereocenters. The van der Waals surface area contributed by atoms with E-state index in [0.717, 1.165) is 42.9 Å². The van der Waals surface area contributed by atoms with Crippen molar-refractivity contribution in [3.05, 3.63) is 41.5 Å². The fourth-order valence-electron chi connectivity index (χ4n) is 3.77. The number of benzene rings is 1. The van der Waals surface area contributed by atoms with Gasteiger partial charge in [0.05, 0.1) is 23.6 Å². The Bertz CT molecular complexity index is 936. The van der Waals surface area contributed by atoms with Crippen LogP contribution in [0.5, 0.6) is 0 Å². The number of carbonyl (C=O) groups is 2. The molecular formula is C21H26N4O3. The molecule has 0 saturated carbocycles. The first-order valence-corrected chi connectivity index (χ1v) is 9.71. The topological polar surface area (TPSA) is 67.7 Å². The molecule has 7 nitrogen and oxygen atoms in total. The van der Waals surface area contributed by atoms with Crippen LogP contribution in [0.3, 0.4) is 0 Å². The zero-order chi connectivity index (χ0) is 20.1. The van der Waals surface area contributed by atoms with Crippen LogP contribution in [0.1, 0.15) is 55.4 Å². The minimum atomic E-state index is -0.609. The number of rotatable bonds is 1. The summed E-state index contributed by atoms with van der Waals surface area (Å²) in [5, 5.41) is 0. The predicted octanol–water partition coefficient (Wildman–Crippen LogP) is 3.67. The molecule has 0 atom stereocenters. The first kappa shape index (κ1) is 18.5. The van der Waals surface area contributed by atoms with Gasteiger partial charge in [0.25, 0.3) is 0 Å². The molecule has 1 aromatic heterocycles. The van der Waals surface area contributed by atoms with E-state index in [-0.39, 0.29) is 11.7 Å². The summed E-state index contributed by atoms with van der Waals surface area (Å²) in [6.45, 7) is 9.33. The Morgan fingerprint density at radius 2 is 1.82 bits per heavy atom. The number of amides is 2. The molecule has 0 spiro atoms. The van der Waals surface area contributed by atoms with E-state index < -0.39 is 11.6 Å². The number of anilines is 1. The molecule has 148 valence electrons. The third-order valence-electron chi connectivity index (χ3n) is 5.06. The van der Waals surface area contributed by atoms with Gasteiger partial charge in [-0.25, -0.2) is 14.6 Å². The molecule has 0 bridgehead atoms. The highest BCUT2D eigenvalue weighted by Crippen LogP contribution is 2.35. The zero-order valence-electron chi connectivity index (χ0n) is 16.9. The van der Waals surface area contributed by atoms with E-state index in [4.69, 9.17) is 4.74 Å². The number of fused-ring (bicyclic) bond motifs is 3. The number of ether oxygens (including phenoxy) is 1. The zero-order valence-corrected chi connectivity index (χ0v) is 16.9. The average molecular weight is 382 g/mol. The molecule has 7 heteroatoms. The maximum atomic E-state index is 13.2. The van der Waals surface area contributed by atoms with Crippen molar-refractivity contribution in [2.24, 2.45) is 0 Å². The van der Waals surface area contributed by atoms with Gasteiger partial charge in [-0.1, -0.05) is 6.07 Å². The monoisotopic (exact) mass is 382 g/mol. The lowest BCUT2D eigenvalue weighted by molar-refractivity contribution is 0.00619. The Morgan fingerprint density at radius 3 is 2.50 bits per heavy atom. The van der Waals surface area contributed by atoms with Gasteiger partial charge in [-0.05, 0) is 58.2 Å². The standard InChI is InChI=1S/C21H26N4O3/c1-14-7-8-15-16(11-14)24(20(27)23-9-5-6-10-23)12-17-18(22-13-25(15)17)19(26)28-21(2,3)4/h7-8,11,13H,5-6,9-10,12H2,1-4H3. The average Bonchev–Trinajstić information content (AvgIpc) is 3.28. The van der Waals surface area contributed by atoms with E-state index in [0.29, 0.717) is 12.2 Å². The molecule has 1 fully saturated rings. The lowest BCUT2D eigenvalue weighted by Crippen LogP contribution is -2.44. The number of likely N-dealkylation sites (tertiary alicyclic amines) is 1. The van der Waals surface area contributed by atoms with Gasteiger partial charge in [-0.15, -0.1) is 0 Å². The van der Waals surface area contributed by atoms with E-state index in [1.54, 1.807) is 11.2 Å². The molecule has 4 rings (SSSR count). The normalized spacial score (nSPS) is 16.0. The minimum absolute atomic E-state index is 0.0214. The summed E-state index contributed by atoms with van der Waals surface area (Å²) in [5.41, 5.74) is 3.11. The molecule has 1 aromatic carbocycles. The highest BCUT2D eigenvalue weighted by Gasteiger charge is 2.34. The Hall–Kier alpha value is -2.83. The van der Waals surface area contributed by atoms with E-state index in [9.17, 15) is 9.59 Å². The molecule has 2 aromatic rings. The molecule has 3 heterocycles. The number of imidazole rings is 1. The van der Waals surface area contributed by atoms with E-state index in [1.165, 1.54) is 0 Å². The van der Waals surface area contributed by atoms with Gasteiger partial charge >= 0.3 is 12.0 Å². The van der Waals surface area contributed by atoms with Crippen LogP contribution in [-0.2, 0) is 11.3 Å². The third kappa shape index (κ3) is 3.25. The van der Waals surface area contributed by atoms with Crippen molar-refractivity contribution in [2.75, 3.05) is 18.0 Å². The fraction of sp³-hybridized carbons (Fsp3) is 0.476. The van der Waals surface area contributed by atoms with E-state index in [1.807, 2.05) is 55.4 Å². The smallest absolute Gasteiger partial charge is 0.359 e. The van der Waals surface area contributed by atoms with Crippen LogP contribution >= 0.6 is 0 Å². The maximum absolute atomic E-state index is 13.2. The van der Waals surface area contributed by atoms with Crippen molar-refractivity contribution in [1.82, 2.24) is 14.5 Å². The minimum Gasteiger partial charge on any atom is -0.455 e. The van der Waals surface area contributed by atoms with Gasteiger partial charge in [-0.2, -0.15) is 0 Å². The third-order valence-corrected chi connectivity index (χ3v) is 5.06. The largest absolute Gasteiger partial charge is 0.455 e. The number of carbonyl (C=O) groups excluding carboxylic acids is 2. The second-order valence-corrected chi connectivity index (χ2v) is 8.47. The van der Waals surface area contributed by atoms with Gasteiger partial charge in [0.2, 0.25) is 0 Å². The number of aryl methyl sites for hydroxylation is 1. The summed E-state index contributed by atoms with van der Waals surface area (Å²) in [7, 11) is 0. The molecule has 0 radical (unpaired) electrons. The molecule has 2 amide bonds. The van der Waals surface area contributed by atoms with Crippen molar-refractivity contribution in [1.29, 1.82) is 0 Å². The van der Waals surface area contributed by atoms with Crippen molar-refractivity contribution >= 4 is 17.7 Å². The summed E-state index contributed by atoms with van der Waals surface area (Å²) < 4.78 is 7.41. The van der Waals surface area contributed by atoms with Crippen molar-refractivity contribution in [3.8, 4) is 5.69 Å². The Kier molecular flexibility index (Phi) is 4.40. The lowest BCUT2D eigenvalue weighted by Gasteiger charge is -2.34. The molecular weight excluding hydrogens is 356 g/mol. The summed E-state index contributed by atoms with van der Waals surface area (Å²) in [6, 6.07) is 5.96. The van der Waals surface area contributed by atoms with Crippen LogP contribution in [0.2, 0.25) is 0 Å². The molecule has 0 aliphatic carbocycles. The van der Waals surface area contributed by atoms with Gasteiger partial charge in [0.15, 0.2) is 5.69 Å². The number of aromatic nitrogens is 2. The number of nitrogens with zero attached hydrogens (tertiary/aromatic N) is 4. The quantitative estimate of drug-likeness (QED) is 0.706. The molecule has 1 saturated heterocycles. The van der Waals surface area contributed by atoms with Gasteiger partial charge in [0.1, 0.15) is 11.9 Å².